The van der Waals surface area contributed by atoms with E-state index in [-0.39, 0.29) is 12.4 Å². The molecule has 17 heavy (non-hydrogen) atoms. The van der Waals surface area contributed by atoms with Crippen molar-refractivity contribution in [3.8, 4) is 5.75 Å². The molecule has 0 aliphatic rings. The number of aliphatic hydroxyl groups excluding tert-OH is 1. The zero-order chi connectivity index (χ0) is 12.7. The average molecular weight is 242 g/mol. The number of ether oxygens (including phenoxy) is 2. The molecule has 0 fully saturated rings. The molecule has 0 radical (unpaired) electrons. The van der Waals surface area contributed by atoms with Gasteiger partial charge in [-0.3, -0.25) is 0 Å². The maximum absolute atomic E-state index is 9.03. The van der Waals surface area contributed by atoms with Gasteiger partial charge in [-0.05, 0) is 0 Å². The molecular formula is C10H18N4O3. The van der Waals surface area contributed by atoms with Crippen molar-refractivity contribution in [2.24, 2.45) is 0 Å². The predicted octanol–water partition coefficient (Wildman–Crippen LogP) is -0.487. The van der Waals surface area contributed by atoms with E-state index in [1.54, 1.807) is 7.11 Å². The first-order valence-electron chi connectivity index (χ1n) is 5.23. The van der Waals surface area contributed by atoms with E-state index >= 15 is 0 Å². The Hall–Kier alpha value is -1.60. The number of rotatable bonds is 7. The highest BCUT2D eigenvalue weighted by atomic mass is 16.5. The third kappa shape index (κ3) is 3.43. The van der Waals surface area contributed by atoms with E-state index in [1.807, 2.05) is 4.90 Å². The second-order valence-electron chi connectivity index (χ2n) is 3.32. The lowest BCUT2D eigenvalue weighted by atomic mass is 10.4. The van der Waals surface area contributed by atoms with Crippen molar-refractivity contribution in [2.75, 3.05) is 51.2 Å². The Labute approximate surface area is 100 Å². The van der Waals surface area contributed by atoms with Crippen LogP contribution in [0.2, 0.25) is 0 Å². The summed E-state index contributed by atoms with van der Waals surface area (Å²) in [7, 11) is 3.12. The smallest absolute Gasteiger partial charge is 0.204 e. The van der Waals surface area contributed by atoms with Gasteiger partial charge in [-0.1, -0.05) is 0 Å². The number of hydrogen-bond acceptors (Lipinski definition) is 7. The Balaban J connectivity index is 2.95. The maximum atomic E-state index is 9.03. The zero-order valence-corrected chi connectivity index (χ0v) is 10.1. The van der Waals surface area contributed by atoms with Crippen LogP contribution in [0, 0.1) is 0 Å². The van der Waals surface area contributed by atoms with E-state index in [4.69, 9.17) is 20.3 Å². The highest BCUT2D eigenvalue weighted by molar-refractivity contribution is 5.62. The fourth-order valence-electron chi connectivity index (χ4n) is 1.44. The Morgan fingerprint density at radius 1 is 1.35 bits per heavy atom. The molecular weight excluding hydrogens is 224 g/mol. The Morgan fingerprint density at radius 2 is 2.12 bits per heavy atom. The van der Waals surface area contributed by atoms with E-state index in [0.717, 1.165) is 0 Å². The van der Waals surface area contributed by atoms with Crippen molar-refractivity contribution in [3.05, 3.63) is 6.33 Å². The van der Waals surface area contributed by atoms with Crippen molar-refractivity contribution < 1.29 is 14.6 Å². The molecule has 0 saturated carbocycles. The Morgan fingerprint density at radius 3 is 2.71 bits per heavy atom. The molecule has 0 aliphatic heterocycles. The second-order valence-corrected chi connectivity index (χ2v) is 3.32. The van der Waals surface area contributed by atoms with Crippen LogP contribution in [0.4, 0.5) is 11.6 Å². The standard InChI is InChI=1S/C10H18N4O3/c1-16-6-4-14(3-5-15)10-8(17-2)9(11)12-7-13-10/h7,15H,3-6H2,1-2H3,(H2,11,12,13). The van der Waals surface area contributed by atoms with Gasteiger partial charge in [0.1, 0.15) is 6.33 Å². The van der Waals surface area contributed by atoms with E-state index in [0.29, 0.717) is 31.3 Å². The minimum Gasteiger partial charge on any atom is -0.490 e. The van der Waals surface area contributed by atoms with Crippen LogP contribution in [-0.4, -0.2) is 55.6 Å². The normalized spacial score (nSPS) is 10.3. The van der Waals surface area contributed by atoms with Crippen molar-refractivity contribution in [2.45, 2.75) is 0 Å². The SMILES string of the molecule is COCCN(CCO)c1ncnc(N)c1OC. The Bertz CT molecular complexity index is 348. The summed E-state index contributed by atoms with van der Waals surface area (Å²) in [5, 5.41) is 9.03. The highest BCUT2D eigenvalue weighted by Gasteiger charge is 2.16. The number of nitrogens with zero attached hydrogens (tertiary/aromatic N) is 3. The van der Waals surface area contributed by atoms with Crippen LogP contribution in [0.5, 0.6) is 5.75 Å². The molecule has 0 amide bonds. The van der Waals surface area contributed by atoms with E-state index < -0.39 is 0 Å². The minimum absolute atomic E-state index is 0.0107. The highest BCUT2D eigenvalue weighted by Crippen LogP contribution is 2.29. The van der Waals surface area contributed by atoms with Gasteiger partial charge in [-0.25, -0.2) is 9.97 Å². The molecule has 0 unspecified atom stereocenters. The molecule has 1 aromatic heterocycles. The monoisotopic (exact) mass is 242 g/mol. The minimum atomic E-state index is 0.0107. The number of nitrogen functional groups attached to an aromatic ring is 1. The number of aromatic nitrogens is 2. The fourth-order valence-corrected chi connectivity index (χ4v) is 1.44. The van der Waals surface area contributed by atoms with E-state index in [2.05, 4.69) is 9.97 Å². The van der Waals surface area contributed by atoms with E-state index in [9.17, 15) is 0 Å². The first kappa shape index (κ1) is 13.5. The number of nitrogens with two attached hydrogens (primary N) is 1. The number of hydrogen-bond donors (Lipinski definition) is 2. The number of aliphatic hydroxyl groups is 1. The van der Waals surface area contributed by atoms with Crippen LogP contribution in [-0.2, 0) is 4.74 Å². The summed E-state index contributed by atoms with van der Waals surface area (Å²) in [5.41, 5.74) is 5.70. The lowest BCUT2D eigenvalue weighted by Crippen LogP contribution is -2.31. The third-order valence-corrected chi connectivity index (χ3v) is 2.25. The first-order valence-corrected chi connectivity index (χ1v) is 5.23. The van der Waals surface area contributed by atoms with Crippen LogP contribution in [0.3, 0.4) is 0 Å². The molecule has 7 nitrogen and oxygen atoms in total. The van der Waals surface area contributed by atoms with Crippen LogP contribution >= 0.6 is 0 Å². The van der Waals surface area contributed by atoms with Crippen molar-refractivity contribution >= 4 is 11.6 Å². The lowest BCUT2D eigenvalue weighted by Gasteiger charge is -2.24. The van der Waals surface area contributed by atoms with Crippen molar-refractivity contribution in [1.82, 2.24) is 9.97 Å². The van der Waals surface area contributed by atoms with Gasteiger partial charge in [0.2, 0.25) is 5.75 Å². The second kappa shape index (κ2) is 6.87. The van der Waals surface area contributed by atoms with Crippen LogP contribution in [0.15, 0.2) is 6.33 Å². The summed E-state index contributed by atoms with van der Waals surface area (Å²) in [5.74, 6) is 1.25. The maximum Gasteiger partial charge on any atom is 0.204 e. The number of methoxy groups -OCH3 is 2. The molecule has 7 heteroatoms. The molecule has 0 saturated heterocycles. The molecule has 96 valence electrons. The predicted molar refractivity (Wildman–Crippen MR) is 64.2 cm³/mol. The van der Waals surface area contributed by atoms with Gasteiger partial charge < -0.3 is 25.2 Å². The van der Waals surface area contributed by atoms with E-state index in [1.165, 1.54) is 13.4 Å². The molecule has 1 aromatic rings. The molecule has 0 spiro atoms. The summed E-state index contributed by atoms with van der Waals surface area (Å²) >= 11 is 0. The van der Waals surface area contributed by atoms with Gasteiger partial charge in [-0.2, -0.15) is 0 Å². The summed E-state index contributed by atoms with van der Waals surface area (Å²) < 4.78 is 10.2. The third-order valence-electron chi connectivity index (χ3n) is 2.25. The summed E-state index contributed by atoms with van der Waals surface area (Å²) in [6.45, 7) is 1.55. The number of anilines is 2. The quantitative estimate of drug-likeness (QED) is 0.666. The van der Waals surface area contributed by atoms with Gasteiger partial charge >= 0.3 is 0 Å². The van der Waals surface area contributed by atoms with Crippen LogP contribution < -0.4 is 15.4 Å². The van der Waals surface area contributed by atoms with Crippen molar-refractivity contribution in [1.29, 1.82) is 0 Å². The van der Waals surface area contributed by atoms with Gasteiger partial charge in [0.05, 0.1) is 20.3 Å². The molecule has 0 atom stereocenters. The fraction of sp³-hybridized carbons (Fsp3) is 0.600. The van der Waals surface area contributed by atoms with Gasteiger partial charge in [0.25, 0.3) is 0 Å². The Kier molecular flexibility index (Phi) is 5.44. The average Bonchev–Trinajstić information content (AvgIpc) is 2.34. The molecule has 0 bridgehead atoms. The van der Waals surface area contributed by atoms with Gasteiger partial charge in [0, 0.05) is 20.2 Å². The zero-order valence-electron chi connectivity index (χ0n) is 10.1. The summed E-state index contributed by atoms with van der Waals surface area (Å²) in [4.78, 5) is 9.81. The topological polar surface area (TPSA) is 93.7 Å². The van der Waals surface area contributed by atoms with Gasteiger partial charge in [-0.15, -0.1) is 0 Å². The summed E-state index contributed by atoms with van der Waals surface area (Å²) in [6, 6.07) is 0. The van der Waals surface area contributed by atoms with Crippen LogP contribution in [0.25, 0.3) is 0 Å². The molecule has 3 N–H and O–H groups in total. The summed E-state index contributed by atoms with van der Waals surface area (Å²) in [6.07, 6.45) is 1.37. The van der Waals surface area contributed by atoms with Crippen molar-refractivity contribution in [3.63, 3.8) is 0 Å². The lowest BCUT2D eigenvalue weighted by molar-refractivity contribution is 0.202. The van der Waals surface area contributed by atoms with Gasteiger partial charge in [0.15, 0.2) is 11.6 Å². The largest absolute Gasteiger partial charge is 0.490 e. The molecule has 0 aromatic carbocycles. The first-order chi connectivity index (χ1) is 8.24. The van der Waals surface area contributed by atoms with Crippen LogP contribution in [0.1, 0.15) is 0 Å². The molecule has 1 heterocycles. The molecule has 0 aliphatic carbocycles. The molecule has 1 rings (SSSR count).